The molecule has 2 aromatic carbocycles. The lowest BCUT2D eigenvalue weighted by molar-refractivity contribution is -0.139. The molecule has 3 aromatic rings. The monoisotopic (exact) mass is 413 g/mol. The van der Waals surface area contributed by atoms with Gasteiger partial charge in [-0.1, -0.05) is 12.1 Å². The highest BCUT2D eigenvalue weighted by Crippen LogP contribution is 2.20. The van der Waals surface area contributed by atoms with Gasteiger partial charge >= 0.3 is 5.97 Å². The van der Waals surface area contributed by atoms with Crippen LogP contribution in [0.4, 0.5) is 0 Å². The Labute approximate surface area is 171 Å². The number of ether oxygens (including phenoxy) is 2. The quantitative estimate of drug-likeness (QED) is 0.281. The number of carbonyl (C=O) groups is 1. The minimum absolute atomic E-state index is 0.335. The molecule has 150 valence electrons. The van der Waals surface area contributed by atoms with Gasteiger partial charge in [0.05, 0.1) is 12.8 Å². The summed E-state index contributed by atoms with van der Waals surface area (Å²) in [5.74, 6) is 0.661. The van der Waals surface area contributed by atoms with Crippen LogP contribution in [0, 0.1) is 4.77 Å². The van der Waals surface area contributed by atoms with Crippen molar-refractivity contribution in [2.45, 2.75) is 6.92 Å². The van der Waals surface area contributed by atoms with E-state index in [-0.39, 0.29) is 0 Å². The van der Waals surface area contributed by atoms with Crippen molar-refractivity contribution >= 4 is 24.4 Å². The normalized spacial score (nSPS) is 10.8. The number of hydrazone groups is 1. The molecule has 0 aliphatic heterocycles. The van der Waals surface area contributed by atoms with Gasteiger partial charge in [-0.3, -0.25) is 0 Å². The number of benzene rings is 2. The van der Waals surface area contributed by atoms with Gasteiger partial charge < -0.3 is 14.6 Å². The molecule has 0 aliphatic carbocycles. The van der Waals surface area contributed by atoms with Crippen LogP contribution in [0.25, 0.3) is 11.4 Å². The summed E-state index contributed by atoms with van der Waals surface area (Å²) in [5, 5.41) is 19.9. The predicted octanol–water partition coefficient (Wildman–Crippen LogP) is 3.05. The summed E-state index contributed by atoms with van der Waals surface area (Å²) >= 11 is 5.26. The third-order valence-electron chi connectivity index (χ3n) is 3.73. The molecule has 0 atom stereocenters. The summed E-state index contributed by atoms with van der Waals surface area (Å²) in [6.07, 6.45) is 1.51. The summed E-state index contributed by atoms with van der Waals surface area (Å²) in [7, 11) is 0. The second-order valence-electron chi connectivity index (χ2n) is 5.72. The second-order valence-corrected chi connectivity index (χ2v) is 6.11. The maximum absolute atomic E-state index is 10.7. The average Bonchev–Trinajstić information content (AvgIpc) is 3.08. The number of carboxylic acids is 1. The van der Waals surface area contributed by atoms with E-state index in [1.807, 2.05) is 31.2 Å². The number of rotatable bonds is 9. The van der Waals surface area contributed by atoms with Gasteiger partial charge in [-0.2, -0.15) is 14.9 Å². The summed E-state index contributed by atoms with van der Waals surface area (Å²) in [5.41, 5.74) is 4.25. The van der Waals surface area contributed by atoms with Crippen LogP contribution in [0.3, 0.4) is 0 Å². The van der Waals surface area contributed by atoms with E-state index >= 15 is 0 Å². The molecule has 1 aromatic heterocycles. The zero-order chi connectivity index (χ0) is 20.6. The molecular formula is C19H19N5O4S. The lowest BCUT2D eigenvalue weighted by atomic mass is 10.2. The summed E-state index contributed by atoms with van der Waals surface area (Å²) in [4.78, 5) is 10.7. The fourth-order valence-electron chi connectivity index (χ4n) is 2.46. The highest BCUT2D eigenvalue weighted by atomic mass is 32.1. The SMILES string of the molecule is CCOc1ccc(-c2n[nH]c(=S)n2NN=Cc2ccccc2OCC(=O)O)cc1. The van der Waals surface area contributed by atoms with Crippen molar-refractivity contribution in [3.8, 4) is 22.9 Å². The van der Waals surface area contributed by atoms with Crippen LogP contribution < -0.4 is 15.0 Å². The Hall–Kier alpha value is -3.66. The summed E-state index contributed by atoms with van der Waals surface area (Å²) in [6, 6.07) is 14.4. The Balaban J connectivity index is 1.78. The molecular weight excluding hydrogens is 394 g/mol. The Morgan fingerprint density at radius 2 is 2.03 bits per heavy atom. The minimum atomic E-state index is -1.06. The molecule has 3 rings (SSSR count). The van der Waals surface area contributed by atoms with Crippen LogP contribution >= 0.6 is 12.2 Å². The molecule has 0 radical (unpaired) electrons. The van der Waals surface area contributed by atoms with Gasteiger partial charge in [0.15, 0.2) is 12.4 Å². The fraction of sp³-hybridized carbons (Fsp3) is 0.158. The van der Waals surface area contributed by atoms with E-state index in [0.29, 0.717) is 28.5 Å². The Morgan fingerprint density at radius 3 is 2.76 bits per heavy atom. The summed E-state index contributed by atoms with van der Waals surface area (Å²) < 4.78 is 12.6. The minimum Gasteiger partial charge on any atom is -0.494 e. The molecule has 0 bridgehead atoms. The zero-order valence-electron chi connectivity index (χ0n) is 15.5. The van der Waals surface area contributed by atoms with Crippen molar-refractivity contribution in [2.24, 2.45) is 5.10 Å². The van der Waals surface area contributed by atoms with E-state index in [0.717, 1.165) is 11.3 Å². The predicted molar refractivity (Wildman–Crippen MR) is 111 cm³/mol. The van der Waals surface area contributed by atoms with Gasteiger partial charge in [0, 0.05) is 11.1 Å². The van der Waals surface area contributed by atoms with Crippen LogP contribution in [0.1, 0.15) is 12.5 Å². The number of aromatic nitrogens is 3. The van der Waals surface area contributed by atoms with Crippen LogP contribution in [0.5, 0.6) is 11.5 Å². The highest BCUT2D eigenvalue weighted by Gasteiger charge is 2.09. The molecule has 10 heteroatoms. The van der Waals surface area contributed by atoms with E-state index in [9.17, 15) is 4.79 Å². The topological polar surface area (TPSA) is 114 Å². The number of para-hydroxylation sites is 1. The third kappa shape index (κ3) is 5.20. The first-order valence-electron chi connectivity index (χ1n) is 8.72. The molecule has 0 saturated carbocycles. The molecule has 0 unspecified atom stereocenters. The van der Waals surface area contributed by atoms with Crippen molar-refractivity contribution in [3.05, 3.63) is 58.9 Å². The van der Waals surface area contributed by atoms with Gasteiger partial charge in [0.25, 0.3) is 0 Å². The first-order chi connectivity index (χ1) is 14.1. The Morgan fingerprint density at radius 1 is 1.28 bits per heavy atom. The summed E-state index contributed by atoms with van der Waals surface area (Å²) in [6.45, 7) is 2.07. The number of aliphatic carboxylic acids is 1. The van der Waals surface area contributed by atoms with Crippen molar-refractivity contribution in [1.82, 2.24) is 14.9 Å². The Bertz CT molecular complexity index is 1060. The van der Waals surface area contributed by atoms with Crippen LogP contribution in [0.15, 0.2) is 53.6 Å². The molecule has 0 amide bonds. The largest absolute Gasteiger partial charge is 0.494 e. The molecule has 1 heterocycles. The van der Waals surface area contributed by atoms with Crippen molar-refractivity contribution in [1.29, 1.82) is 0 Å². The van der Waals surface area contributed by atoms with Gasteiger partial charge in [-0.15, -0.1) is 0 Å². The van der Waals surface area contributed by atoms with Gasteiger partial charge in [-0.05, 0) is 55.5 Å². The number of aromatic amines is 1. The lowest BCUT2D eigenvalue weighted by Gasteiger charge is -2.08. The number of nitrogens with one attached hydrogen (secondary N) is 2. The molecule has 0 spiro atoms. The lowest BCUT2D eigenvalue weighted by Crippen LogP contribution is -2.12. The first-order valence-corrected chi connectivity index (χ1v) is 9.12. The van der Waals surface area contributed by atoms with Crippen LogP contribution in [-0.2, 0) is 4.79 Å². The highest BCUT2D eigenvalue weighted by molar-refractivity contribution is 7.71. The van der Waals surface area contributed by atoms with Crippen LogP contribution in [0.2, 0.25) is 0 Å². The van der Waals surface area contributed by atoms with E-state index in [4.69, 9.17) is 26.8 Å². The standard InChI is InChI=1S/C19H19N5O4S/c1-2-27-15-9-7-13(8-10-15)18-21-22-19(29)24(18)23-20-11-14-5-3-4-6-16(14)28-12-17(25)26/h3-11,23H,2,12H2,1H3,(H,22,29)(H,25,26). The maximum atomic E-state index is 10.7. The Kier molecular flexibility index (Phi) is 6.59. The van der Waals surface area contributed by atoms with Crippen molar-refractivity contribution < 1.29 is 19.4 Å². The smallest absolute Gasteiger partial charge is 0.341 e. The second kappa shape index (κ2) is 9.51. The molecule has 9 nitrogen and oxygen atoms in total. The number of hydrogen-bond donors (Lipinski definition) is 3. The van der Waals surface area contributed by atoms with E-state index in [1.165, 1.54) is 10.9 Å². The van der Waals surface area contributed by atoms with Gasteiger partial charge in [0.1, 0.15) is 11.5 Å². The van der Waals surface area contributed by atoms with E-state index < -0.39 is 12.6 Å². The average molecular weight is 413 g/mol. The number of hydrogen-bond acceptors (Lipinski definition) is 7. The maximum Gasteiger partial charge on any atom is 0.341 e. The third-order valence-corrected chi connectivity index (χ3v) is 4.00. The van der Waals surface area contributed by atoms with Gasteiger partial charge in [0.2, 0.25) is 4.77 Å². The van der Waals surface area contributed by atoms with E-state index in [2.05, 4.69) is 20.8 Å². The van der Waals surface area contributed by atoms with Gasteiger partial charge in [-0.25, -0.2) is 15.4 Å². The van der Waals surface area contributed by atoms with Crippen LogP contribution in [-0.4, -0.2) is 45.4 Å². The number of carboxylic acid groups (broad SMARTS) is 1. The molecule has 3 N–H and O–H groups in total. The van der Waals surface area contributed by atoms with Crippen molar-refractivity contribution in [3.63, 3.8) is 0 Å². The molecule has 29 heavy (non-hydrogen) atoms. The molecule has 0 aliphatic rings. The number of nitrogens with zero attached hydrogens (tertiary/aromatic N) is 3. The number of H-pyrrole nitrogens is 1. The molecule has 0 saturated heterocycles. The van der Waals surface area contributed by atoms with Crippen molar-refractivity contribution in [2.75, 3.05) is 18.7 Å². The first kappa shape index (κ1) is 20.1. The molecule has 0 fully saturated rings. The zero-order valence-corrected chi connectivity index (χ0v) is 16.3. The fourth-order valence-corrected chi connectivity index (χ4v) is 2.64. The van der Waals surface area contributed by atoms with E-state index in [1.54, 1.807) is 24.3 Å².